The van der Waals surface area contributed by atoms with Gasteiger partial charge in [0.15, 0.2) is 0 Å². The summed E-state index contributed by atoms with van der Waals surface area (Å²) in [5, 5.41) is 11.2. The number of benzene rings is 3. The molecule has 0 saturated carbocycles. The number of hydrogen-bond acceptors (Lipinski definition) is 6. The molecule has 3 aromatic carbocycles. The topological polar surface area (TPSA) is 93.1 Å². The Morgan fingerprint density at radius 1 is 0.943 bits per heavy atom. The fourth-order valence-electron chi connectivity index (χ4n) is 4.15. The number of carbonyl (C=O) groups is 3. The van der Waals surface area contributed by atoms with Gasteiger partial charge in [0.25, 0.3) is 11.7 Å². The van der Waals surface area contributed by atoms with Crippen LogP contribution >= 0.6 is 0 Å². The highest BCUT2D eigenvalue weighted by Crippen LogP contribution is 2.42. The van der Waals surface area contributed by atoms with Crippen LogP contribution in [0.1, 0.15) is 40.0 Å². The van der Waals surface area contributed by atoms with E-state index in [1.165, 1.54) is 18.1 Å². The zero-order valence-corrected chi connectivity index (χ0v) is 19.6. The van der Waals surface area contributed by atoms with E-state index < -0.39 is 23.7 Å². The number of aliphatic hydroxyl groups excluding tert-OH is 1. The van der Waals surface area contributed by atoms with E-state index in [-0.39, 0.29) is 16.9 Å². The Morgan fingerprint density at radius 2 is 1.63 bits per heavy atom. The van der Waals surface area contributed by atoms with Gasteiger partial charge in [0.05, 0.1) is 31.4 Å². The SMILES string of the molecule is CCc1ccc(/C(O)=C2\C(=O)C(=O)N(c3cccc(C(=O)OC)c3)C2c2ccc(OC)cc2)cc1. The first-order valence-electron chi connectivity index (χ1n) is 11.1. The minimum absolute atomic E-state index is 0.0344. The number of esters is 1. The summed E-state index contributed by atoms with van der Waals surface area (Å²) in [4.78, 5) is 40.0. The molecule has 4 rings (SSSR count). The quantitative estimate of drug-likeness (QED) is 0.243. The zero-order valence-electron chi connectivity index (χ0n) is 19.6. The maximum Gasteiger partial charge on any atom is 0.337 e. The van der Waals surface area contributed by atoms with Crippen molar-refractivity contribution in [1.82, 2.24) is 0 Å². The molecular weight excluding hydrogens is 446 g/mol. The average molecular weight is 472 g/mol. The fraction of sp³-hybridized carbons (Fsp3) is 0.179. The fourth-order valence-corrected chi connectivity index (χ4v) is 4.15. The van der Waals surface area contributed by atoms with Crippen molar-refractivity contribution in [3.05, 3.63) is 101 Å². The normalized spacial score (nSPS) is 16.9. The number of anilines is 1. The number of rotatable bonds is 6. The lowest BCUT2D eigenvalue weighted by Gasteiger charge is -2.26. The Bertz CT molecular complexity index is 1310. The Kier molecular flexibility index (Phi) is 6.68. The van der Waals surface area contributed by atoms with Gasteiger partial charge in [-0.2, -0.15) is 0 Å². The van der Waals surface area contributed by atoms with Gasteiger partial charge in [0.2, 0.25) is 0 Å². The molecule has 0 aromatic heterocycles. The van der Waals surface area contributed by atoms with Crippen molar-refractivity contribution in [2.45, 2.75) is 19.4 Å². The standard InChI is InChI=1S/C28H25NO6/c1-4-17-8-10-19(11-9-17)25(30)23-24(18-12-14-22(34-2)15-13-18)29(27(32)26(23)31)21-7-5-6-20(16-21)28(33)35-3/h5-16,24,30H,4H2,1-3H3/b25-23+. The maximum absolute atomic E-state index is 13.3. The summed E-state index contributed by atoms with van der Waals surface area (Å²) < 4.78 is 10.0. The largest absolute Gasteiger partial charge is 0.507 e. The van der Waals surface area contributed by atoms with E-state index >= 15 is 0 Å². The van der Waals surface area contributed by atoms with E-state index in [4.69, 9.17) is 9.47 Å². The van der Waals surface area contributed by atoms with Gasteiger partial charge in [-0.1, -0.05) is 49.4 Å². The number of nitrogens with zero attached hydrogens (tertiary/aromatic N) is 1. The van der Waals surface area contributed by atoms with Gasteiger partial charge in [-0.05, 0) is 47.9 Å². The molecule has 1 heterocycles. The predicted octanol–water partition coefficient (Wildman–Crippen LogP) is 4.67. The second kappa shape index (κ2) is 9.85. The van der Waals surface area contributed by atoms with Crippen molar-refractivity contribution in [2.24, 2.45) is 0 Å². The van der Waals surface area contributed by atoms with E-state index in [0.717, 1.165) is 12.0 Å². The first-order chi connectivity index (χ1) is 16.9. The molecule has 1 atom stereocenters. The Morgan fingerprint density at radius 3 is 2.23 bits per heavy atom. The molecule has 1 N–H and O–H groups in total. The lowest BCUT2D eigenvalue weighted by atomic mass is 9.94. The highest BCUT2D eigenvalue weighted by atomic mass is 16.5. The van der Waals surface area contributed by atoms with Gasteiger partial charge in [0, 0.05) is 11.3 Å². The molecule has 7 nitrogen and oxygen atoms in total. The molecule has 1 aliphatic rings. The van der Waals surface area contributed by atoms with Crippen LogP contribution in [0.5, 0.6) is 5.75 Å². The number of hydrogen-bond donors (Lipinski definition) is 1. The van der Waals surface area contributed by atoms with Crippen molar-refractivity contribution >= 4 is 29.1 Å². The molecule has 178 valence electrons. The first-order valence-corrected chi connectivity index (χ1v) is 11.1. The van der Waals surface area contributed by atoms with Gasteiger partial charge in [-0.15, -0.1) is 0 Å². The van der Waals surface area contributed by atoms with Crippen molar-refractivity contribution < 1.29 is 29.0 Å². The summed E-state index contributed by atoms with van der Waals surface area (Å²) in [6, 6.07) is 19.5. The van der Waals surface area contributed by atoms with Crippen molar-refractivity contribution in [1.29, 1.82) is 0 Å². The second-order valence-electron chi connectivity index (χ2n) is 8.03. The van der Waals surface area contributed by atoms with Crippen LogP contribution in [0, 0.1) is 0 Å². The average Bonchev–Trinajstić information content (AvgIpc) is 3.18. The lowest BCUT2D eigenvalue weighted by molar-refractivity contribution is -0.132. The minimum atomic E-state index is -0.917. The second-order valence-corrected chi connectivity index (χ2v) is 8.03. The van der Waals surface area contributed by atoms with E-state index in [1.54, 1.807) is 61.7 Å². The molecule has 1 unspecified atom stereocenters. The van der Waals surface area contributed by atoms with E-state index in [0.29, 0.717) is 22.6 Å². The Hall–Kier alpha value is -4.39. The summed E-state index contributed by atoms with van der Waals surface area (Å²) in [7, 11) is 2.81. The molecule has 7 heteroatoms. The molecule has 3 aromatic rings. The summed E-state index contributed by atoms with van der Waals surface area (Å²) in [6.07, 6.45) is 0.827. The molecule has 35 heavy (non-hydrogen) atoms. The van der Waals surface area contributed by atoms with Gasteiger partial charge in [-0.3, -0.25) is 14.5 Å². The summed E-state index contributed by atoms with van der Waals surface area (Å²) in [5.74, 6) is -1.85. The number of carbonyl (C=O) groups excluding carboxylic acids is 3. The van der Waals surface area contributed by atoms with E-state index in [2.05, 4.69) is 0 Å². The highest BCUT2D eigenvalue weighted by molar-refractivity contribution is 6.51. The minimum Gasteiger partial charge on any atom is -0.507 e. The van der Waals surface area contributed by atoms with E-state index in [1.807, 2.05) is 19.1 Å². The van der Waals surface area contributed by atoms with Crippen molar-refractivity contribution in [3.8, 4) is 5.75 Å². The van der Waals surface area contributed by atoms with Crippen molar-refractivity contribution in [3.63, 3.8) is 0 Å². The van der Waals surface area contributed by atoms with Gasteiger partial charge in [-0.25, -0.2) is 4.79 Å². The van der Waals surface area contributed by atoms with Crippen LogP contribution in [0.4, 0.5) is 5.69 Å². The number of Topliss-reactive ketones (excluding diaryl/α,β-unsaturated/α-hetero) is 1. The van der Waals surface area contributed by atoms with Crippen molar-refractivity contribution in [2.75, 3.05) is 19.1 Å². The third kappa shape index (κ3) is 4.40. The van der Waals surface area contributed by atoms with Crippen LogP contribution in [-0.4, -0.2) is 37.0 Å². The van der Waals surface area contributed by atoms with Gasteiger partial charge in [0.1, 0.15) is 11.5 Å². The number of amides is 1. The third-order valence-corrected chi connectivity index (χ3v) is 6.06. The Labute approximate surface area is 203 Å². The zero-order chi connectivity index (χ0) is 25.1. The molecule has 1 fully saturated rings. The molecule has 1 aliphatic heterocycles. The molecule has 1 amide bonds. The molecule has 0 spiro atoms. The van der Waals surface area contributed by atoms with Crippen LogP contribution in [0.2, 0.25) is 0 Å². The molecule has 0 radical (unpaired) electrons. The number of ether oxygens (including phenoxy) is 2. The summed E-state index contributed by atoms with van der Waals surface area (Å²) in [5.41, 5.74) is 2.63. The van der Waals surface area contributed by atoms with Crippen LogP contribution in [0.3, 0.4) is 0 Å². The first kappa shape index (κ1) is 23.8. The number of methoxy groups -OCH3 is 2. The maximum atomic E-state index is 13.3. The lowest BCUT2D eigenvalue weighted by Crippen LogP contribution is -2.29. The van der Waals surface area contributed by atoms with Gasteiger partial charge >= 0.3 is 5.97 Å². The Balaban J connectivity index is 1.91. The van der Waals surface area contributed by atoms with Crippen LogP contribution in [0.25, 0.3) is 5.76 Å². The molecule has 1 saturated heterocycles. The summed E-state index contributed by atoms with van der Waals surface area (Å²) >= 11 is 0. The number of aliphatic hydroxyl groups is 1. The summed E-state index contributed by atoms with van der Waals surface area (Å²) in [6.45, 7) is 2.02. The molecule has 0 bridgehead atoms. The number of ketones is 1. The molecule has 0 aliphatic carbocycles. The van der Waals surface area contributed by atoms with Crippen LogP contribution < -0.4 is 9.64 Å². The van der Waals surface area contributed by atoms with Crippen LogP contribution in [-0.2, 0) is 20.7 Å². The molecular formula is C28H25NO6. The van der Waals surface area contributed by atoms with Crippen LogP contribution in [0.15, 0.2) is 78.4 Å². The predicted molar refractivity (Wildman–Crippen MR) is 131 cm³/mol. The van der Waals surface area contributed by atoms with Gasteiger partial charge < -0.3 is 14.6 Å². The third-order valence-electron chi connectivity index (χ3n) is 6.06. The monoisotopic (exact) mass is 471 g/mol. The van der Waals surface area contributed by atoms with E-state index in [9.17, 15) is 19.5 Å². The highest BCUT2D eigenvalue weighted by Gasteiger charge is 2.47. The number of aryl methyl sites for hydroxylation is 1. The smallest absolute Gasteiger partial charge is 0.337 e.